The Balaban J connectivity index is 1.89. The van der Waals surface area contributed by atoms with E-state index in [4.69, 9.17) is 4.52 Å². The molecule has 1 saturated heterocycles. The summed E-state index contributed by atoms with van der Waals surface area (Å²) in [7, 11) is -2.97. The molecule has 1 aromatic carbocycles. The van der Waals surface area contributed by atoms with Crippen molar-refractivity contribution in [1.29, 1.82) is 0 Å². The Hall–Kier alpha value is -2.42. The van der Waals surface area contributed by atoms with E-state index in [-0.39, 0.29) is 23.2 Å². The largest absolute Gasteiger partial charge is 0.377 e. The first-order valence-electron chi connectivity index (χ1n) is 7.95. The lowest BCUT2D eigenvalue weighted by molar-refractivity contribution is -0.383. The van der Waals surface area contributed by atoms with Gasteiger partial charge in [-0.1, -0.05) is 11.2 Å². The molecule has 1 fully saturated rings. The maximum absolute atomic E-state index is 11.5. The highest BCUT2D eigenvalue weighted by Crippen LogP contribution is 2.34. The number of nitro benzene ring substituents is 1. The van der Waals surface area contributed by atoms with Crippen LogP contribution >= 0.6 is 0 Å². The zero-order valence-electron chi connectivity index (χ0n) is 14.0. The van der Waals surface area contributed by atoms with Gasteiger partial charge in [0.1, 0.15) is 21.3 Å². The molecule has 1 N–H and O–H groups in total. The first kappa shape index (κ1) is 17.4. The number of hydrogen-bond donors (Lipinski definition) is 1. The van der Waals surface area contributed by atoms with Crippen LogP contribution in [0.4, 0.5) is 11.4 Å². The van der Waals surface area contributed by atoms with Crippen molar-refractivity contribution in [3.63, 3.8) is 0 Å². The first-order valence-corrected chi connectivity index (χ1v) is 9.77. The van der Waals surface area contributed by atoms with Gasteiger partial charge in [-0.15, -0.1) is 0 Å². The van der Waals surface area contributed by atoms with Gasteiger partial charge in [0.15, 0.2) is 0 Å². The summed E-state index contributed by atoms with van der Waals surface area (Å²) in [6, 6.07) is 4.84. The lowest BCUT2D eigenvalue weighted by Gasteiger charge is -2.24. The lowest BCUT2D eigenvalue weighted by atomic mass is 10.0. The average molecular weight is 365 g/mol. The number of aromatic nitrogens is 1. The summed E-state index contributed by atoms with van der Waals surface area (Å²) in [4.78, 5) is 11.0. The Kier molecular flexibility index (Phi) is 4.51. The predicted molar refractivity (Wildman–Crippen MR) is 93.4 cm³/mol. The molecule has 25 heavy (non-hydrogen) atoms. The number of benzene rings is 1. The van der Waals surface area contributed by atoms with E-state index >= 15 is 0 Å². The van der Waals surface area contributed by atoms with E-state index in [1.165, 1.54) is 6.07 Å². The van der Waals surface area contributed by atoms with Crippen molar-refractivity contribution in [2.24, 2.45) is 0 Å². The Labute approximate surface area is 145 Å². The van der Waals surface area contributed by atoms with Crippen LogP contribution in [0.25, 0.3) is 11.1 Å². The maximum atomic E-state index is 11.5. The van der Waals surface area contributed by atoms with Crippen LogP contribution in [0.5, 0.6) is 0 Å². The highest BCUT2D eigenvalue weighted by atomic mass is 32.2. The van der Waals surface area contributed by atoms with Gasteiger partial charge in [0.2, 0.25) is 0 Å². The molecule has 0 aliphatic carbocycles. The Bertz CT molecular complexity index is 886. The highest BCUT2D eigenvalue weighted by molar-refractivity contribution is 7.91. The molecule has 2 heterocycles. The molecule has 8 nitrogen and oxygen atoms in total. The second kappa shape index (κ2) is 6.47. The third kappa shape index (κ3) is 3.65. The number of aryl methyl sites for hydroxylation is 2. The third-order valence-corrected chi connectivity index (χ3v) is 6.15. The van der Waals surface area contributed by atoms with Crippen molar-refractivity contribution in [2.75, 3.05) is 16.8 Å². The number of sulfone groups is 1. The van der Waals surface area contributed by atoms with Crippen LogP contribution in [0.1, 0.15) is 24.3 Å². The van der Waals surface area contributed by atoms with E-state index < -0.39 is 14.8 Å². The van der Waals surface area contributed by atoms with Gasteiger partial charge in [-0.3, -0.25) is 10.1 Å². The van der Waals surface area contributed by atoms with Crippen LogP contribution < -0.4 is 5.32 Å². The molecule has 0 amide bonds. The van der Waals surface area contributed by atoms with Crippen LogP contribution in [0.3, 0.4) is 0 Å². The lowest BCUT2D eigenvalue weighted by Crippen LogP contribution is -2.32. The highest BCUT2D eigenvalue weighted by Gasteiger charge is 2.26. The van der Waals surface area contributed by atoms with Crippen LogP contribution in [-0.2, 0) is 9.84 Å². The molecule has 0 unspecified atom stereocenters. The van der Waals surface area contributed by atoms with Crippen LogP contribution in [0.15, 0.2) is 22.7 Å². The third-order valence-electron chi connectivity index (χ3n) is 4.43. The molecule has 2 aromatic rings. The SMILES string of the molecule is Cc1noc(C)c1-c1ccc(NC2CCS(=O)(=O)CC2)c([N+](=O)[O-])c1. The van der Waals surface area contributed by atoms with Crippen molar-refractivity contribution in [3.8, 4) is 11.1 Å². The topological polar surface area (TPSA) is 115 Å². The van der Waals surface area contributed by atoms with Crippen LogP contribution in [0.2, 0.25) is 0 Å². The molecule has 134 valence electrons. The molecule has 0 spiro atoms. The monoisotopic (exact) mass is 365 g/mol. The number of anilines is 1. The van der Waals surface area contributed by atoms with Crippen molar-refractivity contribution in [2.45, 2.75) is 32.7 Å². The van der Waals surface area contributed by atoms with Gasteiger partial charge in [0.25, 0.3) is 5.69 Å². The quantitative estimate of drug-likeness (QED) is 0.654. The van der Waals surface area contributed by atoms with E-state index in [1.807, 2.05) is 0 Å². The molecule has 1 aromatic heterocycles. The zero-order chi connectivity index (χ0) is 18.2. The van der Waals surface area contributed by atoms with Gasteiger partial charge in [0, 0.05) is 17.7 Å². The molecule has 0 saturated carbocycles. The molecular weight excluding hydrogens is 346 g/mol. The van der Waals surface area contributed by atoms with Crippen molar-refractivity contribution >= 4 is 21.2 Å². The standard InChI is InChI=1S/C16H19N3O5S/c1-10-16(11(2)24-18-10)12-3-4-14(15(9-12)19(20)21)17-13-5-7-25(22,23)8-6-13/h3-4,9,13,17H,5-8H2,1-2H3. The van der Waals surface area contributed by atoms with Gasteiger partial charge >= 0.3 is 0 Å². The summed E-state index contributed by atoms with van der Waals surface area (Å²) in [5, 5.41) is 18.5. The molecule has 0 atom stereocenters. The summed E-state index contributed by atoms with van der Waals surface area (Å²) in [5.41, 5.74) is 2.43. The van der Waals surface area contributed by atoms with Crippen molar-refractivity contribution < 1.29 is 17.9 Å². The zero-order valence-corrected chi connectivity index (χ0v) is 14.8. The van der Waals surface area contributed by atoms with Gasteiger partial charge in [-0.2, -0.15) is 0 Å². The van der Waals surface area contributed by atoms with Gasteiger partial charge in [0.05, 0.1) is 22.1 Å². The van der Waals surface area contributed by atoms with E-state index in [2.05, 4.69) is 10.5 Å². The number of nitrogens with one attached hydrogen (secondary N) is 1. The fraction of sp³-hybridized carbons (Fsp3) is 0.438. The van der Waals surface area contributed by atoms with E-state index in [0.29, 0.717) is 35.5 Å². The minimum atomic E-state index is -2.97. The van der Waals surface area contributed by atoms with Crippen molar-refractivity contribution in [1.82, 2.24) is 5.16 Å². The number of nitro groups is 1. The van der Waals surface area contributed by atoms with Gasteiger partial charge in [-0.05, 0) is 38.3 Å². The maximum Gasteiger partial charge on any atom is 0.292 e. The summed E-state index contributed by atoms with van der Waals surface area (Å²) in [6.45, 7) is 3.54. The van der Waals surface area contributed by atoms with Crippen molar-refractivity contribution in [3.05, 3.63) is 39.8 Å². The second-order valence-corrected chi connectivity index (χ2v) is 8.56. The summed E-state index contributed by atoms with van der Waals surface area (Å²) >= 11 is 0. The summed E-state index contributed by atoms with van der Waals surface area (Å²) in [5.74, 6) is 0.815. The second-order valence-electron chi connectivity index (χ2n) is 6.26. The van der Waals surface area contributed by atoms with E-state index in [1.54, 1.807) is 26.0 Å². The van der Waals surface area contributed by atoms with E-state index in [0.717, 1.165) is 5.56 Å². The van der Waals surface area contributed by atoms with Crippen LogP contribution in [0, 0.1) is 24.0 Å². The van der Waals surface area contributed by atoms with Crippen LogP contribution in [-0.4, -0.2) is 36.0 Å². The Morgan fingerprint density at radius 2 is 1.96 bits per heavy atom. The fourth-order valence-electron chi connectivity index (χ4n) is 3.11. The molecule has 9 heteroatoms. The molecule has 1 aliphatic heterocycles. The van der Waals surface area contributed by atoms with E-state index in [9.17, 15) is 18.5 Å². The summed E-state index contributed by atoms with van der Waals surface area (Å²) < 4.78 is 28.2. The van der Waals surface area contributed by atoms with Gasteiger partial charge < -0.3 is 9.84 Å². The minimum absolute atomic E-state index is 0.0501. The molecular formula is C16H19N3O5S. The first-order chi connectivity index (χ1) is 11.8. The molecule has 0 bridgehead atoms. The van der Waals surface area contributed by atoms with Gasteiger partial charge in [-0.25, -0.2) is 8.42 Å². The molecule has 3 rings (SSSR count). The number of hydrogen-bond acceptors (Lipinski definition) is 7. The predicted octanol–water partition coefficient (Wildman–Crippen LogP) is 2.86. The minimum Gasteiger partial charge on any atom is -0.377 e. The molecule has 1 aliphatic rings. The number of nitrogens with zero attached hydrogens (tertiary/aromatic N) is 2. The fourth-order valence-corrected chi connectivity index (χ4v) is 4.60. The Morgan fingerprint density at radius 3 is 2.52 bits per heavy atom. The Morgan fingerprint density at radius 1 is 1.28 bits per heavy atom. The molecule has 0 radical (unpaired) electrons. The smallest absolute Gasteiger partial charge is 0.292 e. The normalized spacial score (nSPS) is 17.4. The average Bonchev–Trinajstić information content (AvgIpc) is 2.88. The summed E-state index contributed by atoms with van der Waals surface area (Å²) in [6.07, 6.45) is 0.899. The number of rotatable bonds is 4.